The second-order valence-corrected chi connectivity index (χ2v) is 8.54. The van der Waals surface area contributed by atoms with Crippen LogP contribution >= 0.6 is 27.7 Å². The Hall–Kier alpha value is -3.70. The first-order valence-electron chi connectivity index (χ1n) is 9.60. The number of phenolic OH excluding ortho intramolecular Hbond substituents is 2. The fourth-order valence-electron chi connectivity index (χ4n) is 2.85. The summed E-state index contributed by atoms with van der Waals surface area (Å²) in [6, 6.07) is 15.5. The summed E-state index contributed by atoms with van der Waals surface area (Å²) >= 11 is 4.66. The topological polar surface area (TPSA) is 126 Å². The van der Waals surface area contributed by atoms with Crippen LogP contribution in [0.1, 0.15) is 5.56 Å². The van der Waals surface area contributed by atoms with Gasteiger partial charge >= 0.3 is 0 Å². The minimum Gasteiger partial charge on any atom is -0.508 e. The molecule has 0 aliphatic heterocycles. The largest absolute Gasteiger partial charge is 0.508 e. The van der Waals surface area contributed by atoms with E-state index in [2.05, 4.69) is 41.6 Å². The zero-order valence-electron chi connectivity index (χ0n) is 17.0. The monoisotopic (exact) mass is 524 g/mol. The van der Waals surface area contributed by atoms with Crippen molar-refractivity contribution in [3.05, 3.63) is 77.0 Å². The molecule has 0 unspecified atom stereocenters. The summed E-state index contributed by atoms with van der Waals surface area (Å²) in [5.41, 5.74) is 4.46. The molecule has 2 aromatic heterocycles. The Bertz CT molecular complexity index is 1300. The highest BCUT2D eigenvalue weighted by molar-refractivity contribution is 9.10. The highest BCUT2D eigenvalue weighted by atomic mass is 79.9. The fraction of sp³-hybridized carbons (Fsp3) is 0.0455. The predicted octanol–water partition coefficient (Wildman–Crippen LogP) is 3.75. The third-order valence-electron chi connectivity index (χ3n) is 4.40. The van der Waals surface area contributed by atoms with Crippen LogP contribution in [-0.2, 0) is 4.79 Å². The smallest absolute Gasteiger partial charge is 0.250 e. The number of aromatic hydroxyl groups is 2. The molecule has 2 aromatic carbocycles. The molecule has 0 spiro atoms. The molecule has 2 heterocycles. The first-order valence-corrected chi connectivity index (χ1v) is 11.4. The fourth-order valence-corrected chi connectivity index (χ4v) is 3.86. The van der Waals surface area contributed by atoms with Gasteiger partial charge in [-0.3, -0.25) is 14.3 Å². The van der Waals surface area contributed by atoms with E-state index >= 15 is 0 Å². The maximum Gasteiger partial charge on any atom is 0.250 e. The summed E-state index contributed by atoms with van der Waals surface area (Å²) in [7, 11) is 0. The highest BCUT2D eigenvalue weighted by Gasteiger charge is 2.17. The van der Waals surface area contributed by atoms with E-state index in [-0.39, 0.29) is 23.2 Å². The molecular formula is C22H17BrN6O3S. The van der Waals surface area contributed by atoms with Crippen molar-refractivity contribution in [3.8, 4) is 28.6 Å². The number of halogens is 1. The number of nitrogens with one attached hydrogen (secondary N) is 1. The van der Waals surface area contributed by atoms with Crippen LogP contribution in [0.25, 0.3) is 17.1 Å². The van der Waals surface area contributed by atoms with Crippen molar-refractivity contribution < 1.29 is 15.0 Å². The Balaban J connectivity index is 1.49. The highest BCUT2D eigenvalue weighted by Crippen LogP contribution is 2.28. The van der Waals surface area contributed by atoms with Gasteiger partial charge in [0.25, 0.3) is 5.91 Å². The van der Waals surface area contributed by atoms with E-state index in [1.165, 1.54) is 36.2 Å². The van der Waals surface area contributed by atoms with Crippen molar-refractivity contribution in [1.29, 1.82) is 0 Å². The van der Waals surface area contributed by atoms with E-state index in [9.17, 15) is 15.0 Å². The normalized spacial score (nSPS) is 11.1. The van der Waals surface area contributed by atoms with Crippen molar-refractivity contribution in [2.24, 2.45) is 5.10 Å². The lowest BCUT2D eigenvalue weighted by molar-refractivity contribution is -0.118. The van der Waals surface area contributed by atoms with Gasteiger partial charge in [-0.25, -0.2) is 5.43 Å². The van der Waals surface area contributed by atoms with E-state index in [1.54, 1.807) is 12.4 Å². The Morgan fingerprint density at radius 2 is 1.85 bits per heavy atom. The number of pyridine rings is 1. The number of hydrogen-bond donors (Lipinski definition) is 3. The van der Waals surface area contributed by atoms with Crippen LogP contribution in [0.15, 0.2) is 81.7 Å². The molecule has 33 heavy (non-hydrogen) atoms. The van der Waals surface area contributed by atoms with Crippen LogP contribution < -0.4 is 5.43 Å². The van der Waals surface area contributed by atoms with Crippen LogP contribution in [0.5, 0.6) is 11.5 Å². The number of rotatable bonds is 7. The molecule has 0 aliphatic carbocycles. The van der Waals surface area contributed by atoms with Gasteiger partial charge in [-0.1, -0.05) is 27.7 Å². The molecule has 9 nitrogen and oxygen atoms in total. The number of thioether (sulfide) groups is 1. The Labute approximate surface area is 201 Å². The van der Waals surface area contributed by atoms with Gasteiger partial charge in [0, 0.05) is 39.7 Å². The molecular weight excluding hydrogens is 508 g/mol. The molecule has 0 radical (unpaired) electrons. The molecule has 3 N–H and O–H groups in total. The van der Waals surface area contributed by atoms with Gasteiger partial charge in [-0.15, -0.1) is 10.2 Å². The number of nitrogens with zero attached hydrogens (tertiary/aromatic N) is 5. The minimum atomic E-state index is -0.356. The second kappa shape index (κ2) is 10.3. The molecule has 0 aliphatic rings. The number of carbonyl (C=O) groups is 1. The number of hydrazone groups is 1. The molecule has 1 amide bonds. The Morgan fingerprint density at radius 1 is 1.09 bits per heavy atom. The molecule has 0 saturated carbocycles. The molecule has 11 heteroatoms. The molecule has 4 rings (SSSR count). The van der Waals surface area contributed by atoms with Crippen molar-refractivity contribution >= 4 is 39.8 Å². The van der Waals surface area contributed by atoms with Crippen LogP contribution in [0, 0.1) is 0 Å². The van der Waals surface area contributed by atoms with Crippen LogP contribution in [0.2, 0.25) is 0 Å². The first kappa shape index (κ1) is 22.5. The number of aromatic nitrogens is 4. The van der Waals surface area contributed by atoms with Crippen molar-refractivity contribution in [3.63, 3.8) is 0 Å². The summed E-state index contributed by atoms with van der Waals surface area (Å²) in [5.74, 6) is 0.109. The van der Waals surface area contributed by atoms with Crippen LogP contribution in [0.3, 0.4) is 0 Å². The van der Waals surface area contributed by atoms with Gasteiger partial charge in [0.15, 0.2) is 11.0 Å². The lowest BCUT2D eigenvalue weighted by Gasteiger charge is -2.10. The lowest BCUT2D eigenvalue weighted by Crippen LogP contribution is -2.20. The molecule has 0 atom stereocenters. The summed E-state index contributed by atoms with van der Waals surface area (Å²) in [6.45, 7) is 0. The van der Waals surface area contributed by atoms with Gasteiger partial charge in [-0.05, 0) is 48.5 Å². The minimum absolute atomic E-state index is 0.0455. The molecule has 4 aromatic rings. The van der Waals surface area contributed by atoms with Gasteiger partial charge in [0.05, 0.1) is 12.0 Å². The predicted molar refractivity (Wildman–Crippen MR) is 129 cm³/mol. The zero-order chi connectivity index (χ0) is 23.2. The number of carbonyl (C=O) groups excluding carboxylic acids is 1. The van der Waals surface area contributed by atoms with E-state index in [4.69, 9.17) is 0 Å². The molecule has 0 bridgehead atoms. The summed E-state index contributed by atoms with van der Waals surface area (Å²) in [5, 5.41) is 32.1. The second-order valence-electron chi connectivity index (χ2n) is 6.68. The summed E-state index contributed by atoms with van der Waals surface area (Å²) < 4.78 is 2.81. The van der Waals surface area contributed by atoms with Gasteiger partial charge in [-0.2, -0.15) is 5.10 Å². The maximum atomic E-state index is 12.3. The van der Waals surface area contributed by atoms with Crippen LogP contribution in [-0.4, -0.2) is 47.8 Å². The SMILES string of the molecule is O=C(CSc1nnc(-c2ccncc2)n1-c1ccc(Br)cc1)NN=Cc1ccc(O)cc1O. The lowest BCUT2D eigenvalue weighted by atomic mass is 10.2. The molecule has 0 saturated heterocycles. The van der Waals surface area contributed by atoms with E-state index in [1.807, 2.05) is 41.0 Å². The van der Waals surface area contributed by atoms with Gasteiger partial charge in [0.2, 0.25) is 0 Å². The van der Waals surface area contributed by atoms with Crippen molar-refractivity contribution in [1.82, 2.24) is 25.2 Å². The summed E-state index contributed by atoms with van der Waals surface area (Å²) in [4.78, 5) is 16.3. The average molecular weight is 525 g/mol. The zero-order valence-corrected chi connectivity index (χ0v) is 19.4. The first-order chi connectivity index (χ1) is 16.0. The van der Waals surface area contributed by atoms with Crippen molar-refractivity contribution in [2.45, 2.75) is 5.16 Å². The van der Waals surface area contributed by atoms with E-state index < -0.39 is 0 Å². The maximum absolute atomic E-state index is 12.3. The van der Waals surface area contributed by atoms with Crippen LogP contribution in [0.4, 0.5) is 0 Å². The van der Waals surface area contributed by atoms with Gasteiger partial charge < -0.3 is 10.2 Å². The van der Waals surface area contributed by atoms with E-state index in [0.717, 1.165) is 15.7 Å². The van der Waals surface area contributed by atoms with Gasteiger partial charge in [0.1, 0.15) is 11.5 Å². The number of phenols is 2. The quantitative estimate of drug-likeness (QED) is 0.191. The third kappa shape index (κ3) is 5.57. The Kier molecular flexibility index (Phi) is 7.01. The standard InChI is InChI=1S/C22H17BrN6O3S/c23-16-2-4-17(5-3-16)29-21(14-7-9-24-10-8-14)27-28-22(29)33-13-20(32)26-25-12-15-1-6-18(30)11-19(15)31/h1-12,30-31H,13H2,(H,26,32). The molecule has 0 fully saturated rings. The third-order valence-corrected chi connectivity index (χ3v) is 5.85. The van der Waals surface area contributed by atoms with E-state index in [0.29, 0.717) is 16.5 Å². The molecule has 166 valence electrons. The average Bonchev–Trinajstić information content (AvgIpc) is 3.24. The summed E-state index contributed by atoms with van der Waals surface area (Å²) in [6.07, 6.45) is 4.66. The Morgan fingerprint density at radius 3 is 2.58 bits per heavy atom. The van der Waals surface area contributed by atoms with Crippen molar-refractivity contribution in [2.75, 3.05) is 5.75 Å². The number of amides is 1. The number of hydrogen-bond acceptors (Lipinski definition) is 8. The number of benzene rings is 2.